The second kappa shape index (κ2) is 12.8. The number of rotatable bonds is 8. The molecule has 2 saturated heterocycles. The van der Waals surface area contributed by atoms with E-state index >= 15 is 0 Å². The number of hydrogen-bond donors (Lipinski definition) is 2. The van der Waals surface area contributed by atoms with Crippen LogP contribution in [0.25, 0.3) is 0 Å². The lowest BCUT2D eigenvalue weighted by Gasteiger charge is -2.42. The predicted molar refractivity (Wildman–Crippen MR) is 147 cm³/mol. The van der Waals surface area contributed by atoms with Gasteiger partial charge in [-0.3, -0.25) is 4.90 Å². The number of nitrogens with one attached hydrogen (secondary N) is 2. The number of likely N-dealkylation sites (tertiary alicyclic amines) is 2. The highest BCUT2D eigenvalue weighted by Crippen LogP contribution is 2.26. The molecule has 5 rings (SSSR count). The Bertz CT molecular complexity index is 1160. The van der Waals surface area contributed by atoms with Crippen LogP contribution >= 0.6 is 11.3 Å². The van der Waals surface area contributed by atoms with Crippen LogP contribution in [0.2, 0.25) is 0 Å². The van der Waals surface area contributed by atoms with E-state index in [0.717, 1.165) is 63.5 Å². The molecule has 2 aliphatic heterocycles. The Hall–Kier alpha value is -2.88. The van der Waals surface area contributed by atoms with Crippen molar-refractivity contribution in [3.63, 3.8) is 0 Å². The first-order valence-electron chi connectivity index (χ1n) is 13.4. The Morgan fingerprint density at radius 1 is 0.974 bits per heavy atom. The van der Waals surface area contributed by atoms with Gasteiger partial charge in [-0.2, -0.15) is 0 Å². The smallest absolute Gasteiger partial charge is 0.319 e. The summed E-state index contributed by atoms with van der Waals surface area (Å²) in [6.07, 6.45) is 5.99. The molecule has 6 nitrogen and oxygen atoms in total. The van der Waals surface area contributed by atoms with E-state index in [1.165, 1.54) is 24.1 Å². The van der Waals surface area contributed by atoms with E-state index in [9.17, 15) is 13.6 Å². The van der Waals surface area contributed by atoms with Crippen molar-refractivity contribution in [1.82, 2.24) is 20.1 Å². The quantitative estimate of drug-likeness (QED) is 0.403. The number of amides is 2. The molecule has 3 atom stereocenters. The van der Waals surface area contributed by atoms with Crippen LogP contribution in [0.4, 0.5) is 19.3 Å². The third kappa shape index (κ3) is 7.58. The number of thiazole rings is 1. The van der Waals surface area contributed by atoms with Gasteiger partial charge < -0.3 is 15.5 Å². The van der Waals surface area contributed by atoms with Gasteiger partial charge in [-0.15, -0.1) is 11.3 Å². The van der Waals surface area contributed by atoms with Crippen LogP contribution < -0.4 is 10.6 Å². The molecular weight excluding hydrogens is 504 g/mol. The summed E-state index contributed by atoms with van der Waals surface area (Å²) in [5.41, 5.74) is 1.75. The van der Waals surface area contributed by atoms with Crippen LogP contribution in [-0.4, -0.2) is 59.6 Å². The van der Waals surface area contributed by atoms with E-state index in [1.807, 2.05) is 23.7 Å². The molecule has 202 valence electrons. The zero-order chi connectivity index (χ0) is 26.3. The molecule has 38 heavy (non-hydrogen) atoms. The van der Waals surface area contributed by atoms with E-state index in [0.29, 0.717) is 11.6 Å². The number of anilines is 1. The first kappa shape index (κ1) is 26.7. The van der Waals surface area contributed by atoms with Crippen molar-refractivity contribution >= 4 is 23.1 Å². The van der Waals surface area contributed by atoms with Crippen molar-refractivity contribution in [2.45, 2.75) is 38.3 Å². The summed E-state index contributed by atoms with van der Waals surface area (Å²) >= 11 is 1.68. The minimum absolute atomic E-state index is 0.0421. The van der Waals surface area contributed by atoms with Gasteiger partial charge in [0.2, 0.25) is 0 Å². The van der Waals surface area contributed by atoms with Gasteiger partial charge in [0, 0.05) is 55.4 Å². The molecular formula is C29H35F2N5OS. The van der Waals surface area contributed by atoms with Crippen molar-refractivity contribution < 1.29 is 13.6 Å². The number of piperidine rings is 2. The molecule has 2 N–H and O–H groups in total. The molecule has 2 amide bonds. The molecule has 0 radical (unpaired) electrons. The van der Waals surface area contributed by atoms with Crippen LogP contribution in [0.5, 0.6) is 0 Å². The number of hydrogen-bond acceptors (Lipinski definition) is 5. The van der Waals surface area contributed by atoms with Crippen molar-refractivity contribution in [2.24, 2.45) is 11.8 Å². The number of halogens is 2. The second-order valence-electron chi connectivity index (χ2n) is 10.5. The molecule has 0 spiro atoms. The molecule has 9 heteroatoms. The highest BCUT2D eigenvalue weighted by atomic mass is 32.1. The van der Waals surface area contributed by atoms with Crippen LogP contribution in [0.1, 0.15) is 29.8 Å². The Balaban J connectivity index is 1.21. The van der Waals surface area contributed by atoms with Gasteiger partial charge in [-0.25, -0.2) is 18.6 Å². The maximum absolute atomic E-state index is 13.3. The maximum Gasteiger partial charge on any atom is 0.319 e. The Morgan fingerprint density at radius 3 is 2.47 bits per heavy atom. The van der Waals surface area contributed by atoms with Gasteiger partial charge in [-0.05, 0) is 80.1 Å². The largest absolute Gasteiger partial charge is 0.335 e. The van der Waals surface area contributed by atoms with Crippen LogP contribution in [0.3, 0.4) is 0 Å². The van der Waals surface area contributed by atoms with Crippen molar-refractivity contribution in [3.8, 4) is 0 Å². The summed E-state index contributed by atoms with van der Waals surface area (Å²) in [5.74, 6) is 0.285. The van der Waals surface area contributed by atoms with Gasteiger partial charge in [0.1, 0.15) is 16.6 Å². The van der Waals surface area contributed by atoms with E-state index in [1.54, 1.807) is 35.6 Å². The highest BCUT2D eigenvalue weighted by molar-refractivity contribution is 7.09. The molecule has 1 aromatic heterocycles. The van der Waals surface area contributed by atoms with E-state index in [2.05, 4.69) is 25.4 Å². The minimum atomic E-state index is -0.331. The van der Waals surface area contributed by atoms with Crippen molar-refractivity contribution in [3.05, 3.63) is 82.3 Å². The van der Waals surface area contributed by atoms with Crippen molar-refractivity contribution in [1.29, 1.82) is 0 Å². The molecule has 0 saturated carbocycles. The summed E-state index contributed by atoms with van der Waals surface area (Å²) in [5, 5.41) is 9.18. The molecule has 2 aliphatic rings. The maximum atomic E-state index is 13.3. The summed E-state index contributed by atoms with van der Waals surface area (Å²) in [7, 11) is 0. The first-order chi connectivity index (χ1) is 18.5. The summed E-state index contributed by atoms with van der Waals surface area (Å²) in [6, 6.07) is 12.5. The summed E-state index contributed by atoms with van der Waals surface area (Å²) in [4.78, 5) is 22.3. The number of carbonyl (C=O) groups excluding carboxylic acids is 1. The lowest BCUT2D eigenvalue weighted by atomic mass is 9.88. The van der Waals surface area contributed by atoms with Gasteiger partial charge in [0.15, 0.2) is 0 Å². The van der Waals surface area contributed by atoms with Crippen LogP contribution in [0, 0.1) is 23.5 Å². The number of carbonyl (C=O) groups is 1. The molecule has 3 heterocycles. The predicted octanol–water partition coefficient (Wildman–Crippen LogP) is 5.39. The molecule has 0 bridgehead atoms. The average molecular weight is 540 g/mol. The van der Waals surface area contributed by atoms with Crippen LogP contribution in [0.15, 0.2) is 60.1 Å². The number of urea groups is 1. The summed E-state index contributed by atoms with van der Waals surface area (Å²) in [6.45, 7) is 5.59. The Morgan fingerprint density at radius 2 is 1.74 bits per heavy atom. The SMILES string of the molecule is O=C(Nc1ccc(F)cc1)N[C@@H]1CCN(Cc2nccs2)C[C@H]1CN1CCCC(Cc2ccc(F)cc2)C1. The zero-order valence-corrected chi connectivity index (χ0v) is 22.3. The van der Waals surface area contributed by atoms with E-state index in [-0.39, 0.29) is 29.6 Å². The van der Waals surface area contributed by atoms with E-state index < -0.39 is 0 Å². The van der Waals surface area contributed by atoms with Gasteiger partial charge in [0.25, 0.3) is 0 Å². The molecule has 0 aliphatic carbocycles. The lowest BCUT2D eigenvalue weighted by Crippen LogP contribution is -2.55. The highest BCUT2D eigenvalue weighted by Gasteiger charge is 2.33. The summed E-state index contributed by atoms with van der Waals surface area (Å²) < 4.78 is 26.6. The second-order valence-corrected chi connectivity index (χ2v) is 11.5. The topological polar surface area (TPSA) is 60.5 Å². The fourth-order valence-corrected chi connectivity index (χ4v) is 6.44. The average Bonchev–Trinajstić information content (AvgIpc) is 3.42. The standard InChI is InChI=1S/C29H35F2N5OS/c30-24-5-3-21(4-6-24)16-22-2-1-13-35(17-22)18-23-19-36(20-28-32-12-15-38-28)14-11-27(23)34-29(37)33-26-9-7-25(31)8-10-26/h3-10,12,15,22-23,27H,1-2,11,13-14,16-20H2,(H2,33,34,37)/t22?,23-,27-/m1/s1. The van der Waals surface area contributed by atoms with Crippen LogP contribution in [-0.2, 0) is 13.0 Å². The number of benzene rings is 2. The first-order valence-corrected chi connectivity index (χ1v) is 14.3. The molecule has 2 aromatic carbocycles. The molecule has 2 fully saturated rings. The number of nitrogens with zero attached hydrogens (tertiary/aromatic N) is 3. The number of aromatic nitrogens is 1. The van der Waals surface area contributed by atoms with Gasteiger partial charge in [-0.1, -0.05) is 12.1 Å². The Labute approximate surface area is 227 Å². The lowest BCUT2D eigenvalue weighted by molar-refractivity contribution is 0.0818. The molecule has 1 unspecified atom stereocenters. The van der Waals surface area contributed by atoms with Gasteiger partial charge >= 0.3 is 6.03 Å². The fourth-order valence-electron chi connectivity index (χ4n) is 5.79. The van der Waals surface area contributed by atoms with E-state index in [4.69, 9.17) is 0 Å². The van der Waals surface area contributed by atoms with Gasteiger partial charge in [0.05, 0.1) is 6.54 Å². The third-order valence-electron chi connectivity index (χ3n) is 7.61. The normalized spacial score (nSPS) is 22.7. The third-order valence-corrected chi connectivity index (χ3v) is 8.38. The zero-order valence-electron chi connectivity index (χ0n) is 21.5. The molecule has 3 aromatic rings. The minimum Gasteiger partial charge on any atom is -0.335 e. The fraction of sp³-hybridized carbons (Fsp3) is 0.448. The Kier molecular flexibility index (Phi) is 8.98. The monoisotopic (exact) mass is 539 g/mol. The van der Waals surface area contributed by atoms with Crippen molar-refractivity contribution in [2.75, 3.05) is 38.0 Å².